The van der Waals surface area contributed by atoms with Crippen molar-refractivity contribution in [1.29, 1.82) is 0 Å². The molecule has 1 aromatic carbocycles. The van der Waals surface area contributed by atoms with Crippen molar-refractivity contribution in [2.75, 3.05) is 0 Å². The predicted octanol–water partition coefficient (Wildman–Crippen LogP) is 5.11. The van der Waals surface area contributed by atoms with Crippen LogP contribution in [-0.2, 0) is 0 Å². The molecule has 2 aromatic rings. The van der Waals surface area contributed by atoms with E-state index in [-0.39, 0.29) is 0 Å². The Morgan fingerprint density at radius 2 is 1.94 bits per heavy atom. The van der Waals surface area contributed by atoms with Crippen LogP contribution in [0.2, 0.25) is 0 Å². The third-order valence-corrected chi connectivity index (χ3v) is 4.84. The molecule has 1 aliphatic heterocycles. The molecule has 0 saturated heterocycles. The average molecular weight is 244 g/mol. The van der Waals surface area contributed by atoms with E-state index >= 15 is 0 Å². The van der Waals surface area contributed by atoms with Gasteiger partial charge in [-0.05, 0) is 34.4 Å². The summed E-state index contributed by atoms with van der Waals surface area (Å²) < 4.78 is 0. The molecule has 0 spiro atoms. The second-order valence-electron chi connectivity index (χ2n) is 3.83. The average Bonchev–Trinajstić information content (AvgIpc) is 3.03. The number of allylic oxidation sites excluding steroid dienone is 1. The van der Waals surface area contributed by atoms with Crippen molar-refractivity contribution in [2.45, 2.75) is 11.7 Å². The van der Waals surface area contributed by atoms with Crippen LogP contribution in [0.3, 0.4) is 0 Å². The van der Waals surface area contributed by atoms with Gasteiger partial charge in [0, 0.05) is 10.1 Å². The minimum absolute atomic E-state index is 0.636. The van der Waals surface area contributed by atoms with Gasteiger partial charge < -0.3 is 0 Å². The fourth-order valence-corrected chi connectivity index (χ4v) is 3.59. The van der Waals surface area contributed by atoms with Gasteiger partial charge in [-0.15, -0.1) is 23.1 Å². The van der Waals surface area contributed by atoms with E-state index in [0.29, 0.717) is 5.25 Å². The number of rotatable bonds is 2. The summed E-state index contributed by atoms with van der Waals surface area (Å²) in [6.45, 7) is 0. The van der Waals surface area contributed by atoms with E-state index in [4.69, 9.17) is 0 Å². The molecule has 1 aromatic heterocycles. The molecule has 0 amide bonds. The van der Waals surface area contributed by atoms with E-state index in [0.717, 1.165) is 0 Å². The molecular formula is C14H12S2. The summed E-state index contributed by atoms with van der Waals surface area (Å²) in [7, 11) is 0. The highest BCUT2D eigenvalue weighted by atomic mass is 32.2. The van der Waals surface area contributed by atoms with Crippen molar-refractivity contribution in [3.63, 3.8) is 0 Å². The molecule has 0 saturated carbocycles. The van der Waals surface area contributed by atoms with E-state index in [1.54, 1.807) is 11.3 Å². The molecule has 0 fully saturated rings. The Morgan fingerprint density at radius 3 is 2.56 bits per heavy atom. The first-order valence-corrected chi connectivity index (χ1v) is 7.20. The maximum Gasteiger partial charge on any atom is 0.0373 e. The fraction of sp³-hybridized carbons (Fsp3) is 0.143. The summed E-state index contributed by atoms with van der Waals surface area (Å²) >= 11 is 3.72. The maximum absolute atomic E-state index is 2.26. The minimum Gasteiger partial charge on any atom is -0.144 e. The number of thiophene rings is 1. The zero-order valence-electron chi connectivity index (χ0n) is 8.80. The first-order valence-electron chi connectivity index (χ1n) is 5.38. The van der Waals surface area contributed by atoms with E-state index in [1.165, 1.54) is 22.4 Å². The highest BCUT2D eigenvalue weighted by Crippen LogP contribution is 2.38. The van der Waals surface area contributed by atoms with E-state index in [2.05, 4.69) is 53.3 Å². The molecule has 0 radical (unpaired) electrons. The monoisotopic (exact) mass is 244 g/mol. The molecule has 16 heavy (non-hydrogen) atoms. The maximum atomic E-state index is 2.26. The summed E-state index contributed by atoms with van der Waals surface area (Å²) in [4.78, 5) is 1.35. The van der Waals surface area contributed by atoms with Gasteiger partial charge >= 0.3 is 0 Å². The Bertz CT molecular complexity index is 472. The zero-order valence-corrected chi connectivity index (χ0v) is 10.4. The van der Waals surface area contributed by atoms with Gasteiger partial charge in [0.05, 0.1) is 0 Å². The molecular weight excluding hydrogens is 232 g/mol. The highest BCUT2D eigenvalue weighted by Gasteiger charge is 2.13. The van der Waals surface area contributed by atoms with Crippen LogP contribution in [0.5, 0.6) is 0 Å². The van der Waals surface area contributed by atoms with Crippen molar-refractivity contribution in [3.8, 4) is 10.4 Å². The molecule has 1 aliphatic rings. The molecule has 80 valence electrons. The summed E-state index contributed by atoms with van der Waals surface area (Å²) in [6, 6.07) is 13.3. The standard InChI is InChI=1S/C14H12S2/c1-3-13(15-9-1)11-5-7-12(8-6-11)14-4-2-10-16-14/h1-3,5-10,14H,4H2. The number of thioether (sulfide) groups is 1. The van der Waals surface area contributed by atoms with E-state index in [1.807, 2.05) is 11.8 Å². The van der Waals surface area contributed by atoms with Gasteiger partial charge in [-0.1, -0.05) is 36.4 Å². The van der Waals surface area contributed by atoms with Crippen LogP contribution < -0.4 is 0 Å². The van der Waals surface area contributed by atoms with Gasteiger partial charge in [0.1, 0.15) is 0 Å². The van der Waals surface area contributed by atoms with Crippen LogP contribution in [-0.4, -0.2) is 0 Å². The van der Waals surface area contributed by atoms with Crippen molar-refractivity contribution in [3.05, 3.63) is 58.8 Å². The molecule has 2 heterocycles. The summed E-state index contributed by atoms with van der Waals surface area (Å²) in [5, 5.41) is 4.97. The normalized spacial score (nSPS) is 19.1. The highest BCUT2D eigenvalue weighted by molar-refractivity contribution is 8.02. The Morgan fingerprint density at radius 1 is 1.06 bits per heavy atom. The Balaban J connectivity index is 1.85. The van der Waals surface area contributed by atoms with Gasteiger partial charge in [-0.3, -0.25) is 0 Å². The SMILES string of the molecule is C1=CSC(c2ccc(-c3cccs3)cc2)C1. The fourth-order valence-electron chi connectivity index (χ4n) is 1.90. The lowest BCUT2D eigenvalue weighted by Crippen LogP contribution is -1.87. The van der Waals surface area contributed by atoms with Gasteiger partial charge in [-0.2, -0.15) is 0 Å². The number of hydrogen-bond acceptors (Lipinski definition) is 2. The topological polar surface area (TPSA) is 0 Å². The molecule has 0 aliphatic carbocycles. The van der Waals surface area contributed by atoms with Gasteiger partial charge in [-0.25, -0.2) is 0 Å². The lowest BCUT2D eigenvalue weighted by molar-refractivity contribution is 0.991. The molecule has 1 atom stereocenters. The molecule has 0 bridgehead atoms. The van der Waals surface area contributed by atoms with Gasteiger partial charge in [0.25, 0.3) is 0 Å². The van der Waals surface area contributed by atoms with E-state index < -0.39 is 0 Å². The van der Waals surface area contributed by atoms with Crippen molar-refractivity contribution < 1.29 is 0 Å². The number of benzene rings is 1. The third kappa shape index (κ3) is 1.95. The van der Waals surface area contributed by atoms with Crippen LogP contribution in [0, 0.1) is 0 Å². The third-order valence-electron chi connectivity index (χ3n) is 2.78. The van der Waals surface area contributed by atoms with Gasteiger partial charge in [0.15, 0.2) is 0 Å². The van der Waals surface area contributed by atoms with Crippen molar-refractivity contribution in [1.82, 2.24) is 0 Å². The Hall–Kier alpha value is -0.990. The van der Waals surface area contributed by atoms with Crippen LogP contribution in [0.15, 0.2) is 53.3 Å². The summed E-state index contributed by atoms with van der Waals surface area (Å²) in [5.41, 5.74) is 2.77. The molecule has 3 rings (SSSR count). The molecule has 1 unspecified atom stereocenters. The molecule has 2 heteroatoms. The first kappa shape index (κ1) is 10.2. The smallest absolute Gasteiger partial charge is 0.0373 e. The molecule has 0 nitrogen and oxygen atoms in total. The largest absolute Gasteiger partial charge is 0.144 e. The van der Waals surface area contributed by atoms with Gasteiger partial charge in [0.2, 0.25) is 0 Å². The summed E-state index contributed by atoms with van der Waals surface area (Å²) in [5.74, 6) is 0. The van der Waals surface area contributed by atoms with Crippen LogP contribution in [0.1, 0.15) is 17.2 Å². The number of hydrogen-bond donors (Lipinski definition) is 0. The van der Waals surface area contributed by atoms with Crippen LogP contribution in [0.25, 0.3) is 10.4 Å². The predicted molar refractivity (Wildman–Crippen MR) is 73.8 cm³/mol. The van der Waals surface area contributed by atoms with Crippen molar-refractivity contribution >= 4 is 23.1 Å². The summed E-state index contributed by atoms with van der Waals surface area (Å²) in [6.07, 6.45) is 3.42. The Labute approximate surface area is 104 Å². The van der Waals surface area contributed by atoms with E-state index in [9.17, 15) is 0 Å². The lowest BCUT2D eigenvalue weighted by atomic mass is 10.1. The zero-order chi connectivity index (χ0) is 10.8. The molecule has 0 N–H and O–H groups in total. The first-order chi connectivity index (χ1) is 7.93. The van der Waals surface area contributed by atoms with Crippen LogP contribution >= 0.6 is 23.1 Å². The lowest BCUT2D eigenvalue weighted by Gasteiger charge is -2.09. The quantitative estimate of drug-likeness (QED) is 0.707. The Kier molecular flexibility index (Phi) is 2.85. The second kappa shape index (κ2) is 4.48. The minimum atomic E-state index is 0.636. The van der Waals surface area contributed by atoms with Crippen LogP contribution in [0.4, 0.5) is 0 Å². The van der Waals surface area contributed by atoms with Crippen molar-refractivity contribution in [2.24, 2.45) is 0 Å². The second-order valence-corrected chi connectivity index (χ2v) is 5.89.